The molecule has 162 valence electrons. The van der Waals surface area contributed by atoms with E-state index < -0.39 is 5.25 Å². The normalized spacial score (nSPS) is 11.7. The van der Waals surface area contributed by atoms with Gasteiger partial charge in [-0.2, -0.15) is 0 Å². The smallest absolute Gasteiger partial charge is 0.242 e. The first-order valence-corrected chi connectivity index (χ1v) is 10.6. The van der Waals surface area contributed by atoms with Crippen molar-refractivity contribution in [2.24, 2.45) is 0 Å². The number of amides is 1. The van der Waals surface area contributed by atoms with E-state index in [0.29, 0.717) is 22.4 Å². The number of benzene rings is 3. The number of nitrogens with one attached hydrogen (secondary N) is 1. The van der Waals surface area contributed by atoms with Crippen LogP contribution in [-0.2, 0) is 4.79 Å². The number of halogens is 1. The SMILES string of the molecule is COc1ccc(-c2nnc(SC(C(=O)Nc3ccc(F)cc3)c3ccccc3)n2N)cc1. The number of hydrogen-bond acceptors (Lipinski definition) is 6. The molecule has 1 aromatic heterocycles. The van der Waals surface area contributed by atoms with Crippen LogP contribution in [0.15, 0.2) is 84.0 Å². The Bertz CT molecular complexity index is 1200. The highest BCUT2D eigenvalue weighted by molar-refractivity contribution is 8.00. The largest absolute Gasteiger partial charge is 0.497 e. The predicted molar refractivity (Wildman–Crippen MR) is 122 cm³/mol. The zero-order valence-corrected chi connectivity index (χ0v) is 17.9. The topological polar surface area (TPSA) is 95.1 Å². The molecule has 0 aliphatic carbocycles. The number of aromatic nitrogens is 3. The van der Waals surface area contributed by atoms with E-state index in [9.17, 15) is 9.18 Å². The van der Waals surface area contributed by atoms with Gasteiger partial charge in [0.25, 0.3) is 0 Å². The van der Waals surface area contributed by atoms with Crippen molar-refractivity contribution in [1.82, 2.24) is 14.9 Å². The molecule has 1 unspecified atom stereocenters. The molecule has 0 fully saturated rings. The van der Waals surface area contributed by atoms with Crippen molar-refractivity contribution in [3.8, 4) is 17.1 Å². The van der Waals surface area contributed by atoms with E-state index in [-0.39, 0.29) is 11.7 Å². The minimum absolute atomic E-state index is 0.290. The fraction of sp³-hybridized carbons (Fsp3) is 0.0870. The van der Waals surface area contributed by atoms with Crippen LogP contribution in [0.4, 0.5) is 10.1 Å². The number of nitrogen functional groups attached to an aromatic ring is 1. The Labute approximate surface area is 188 Å². The maximum atomic E-state index is 13.2. The lowest BCUT2D eigenvalue weighted by atomic mass is 10.1. The zero-order valence-electron chi connectivity index (χ0n) is 17.1. The second-order valence-corrected chi connectivity index (χ2v) is 7.88. The van der Waals surface area contributed by atoms with Crippen LogP contribution in [0.25, 0.3) is 11.4 Å². The van der Waals surface area contributed by atoms with Crippen molar-refractivity contribution in [2.45, 2.75) is 10.4 Å². The number of nitrogens with two attached hydrogens (primary N) is 1. The number of carbonyl (C=O) groups is 1. The van der Waals surface area contributed by atoms with Crippen molar-refractivity contribution < 1.29 is 13.9 Å². The van der Waals surface area contributed by atoms with Gasteiger partial charge in [0.1, 0.15) is 16.8 Å². The second-order valence-electron chi connectivity index (χ2n) is 6.81. The van der Waals surface area contributed by atoms with Crippen molar-refractivity contribution in [3.05, 3.63) is 90.2 Å². The highest BCUT2D eigenvalue weighted by Crippen LogP contribution is 2.36. The number of carbonyl (C=O) groups excluding carboxylic acids is 1. The first-order valence-electron chi connectivity index (χ1n) is 9.68. The molecule has 7 nitrogen and oxygen atoms in total. The number of nitrogens with zero attached hydrogens (tertiary/aromatic N) is 3. The van der Waals surface area contributed by atoms with Gasteiger partial charge in [0.05, 0.1) is 7.11 Å². The van der Waals surface area contributed by atoms with Crippen molar-refractivity contribution in [1.29, 1.82) is 0 Å². The van der Waals surface area contributed by atoms with Crippen LogP contribution in [0, 0.1) is 5.82 Å². The van der Waals surface area contributed by atoms with Gasteiger partial charge < -0.3 is 15.9 Å². The van der Waals surface area contributed by atoms with E-state index in [0.717, 1.165) is 11.1 Å². The standard InChI is InChI=1S/C23H20FN5O2S/c1-31-19-13-7-16(8-14-19)21-27-28-23(29(21)25)32-20(15-5-3-2-4-6-15)22(30)26-18-11-9-17(24)10-12-18/h2-14,20H,25H2,1H3,(H,26,30). The summed E-state index contributed by atoms with van der Waals surface area (Å²) in [6.45, 7) is 0. The van der Waals surface area contributed by atoms with Crippen LogP contribution >= 0.6 is 11.8 Å². The van der Waals surface area contributed by atoms with Crippen LogP contribution in [-0.4, -0.2) is 27.9 Å². The number of thioether (sulfide) groups is 1. The van der Waals surface area contributed by atoms with E-state index in [4.69, 9.17) is 10.6 Å². The molecule has 4 aromatic rings. The van der Waals surface area contributed by atoms with Gasteiger partial charge in [-0.15, -0.1) is 10.2 Å². The summed E-state index contributed by atoms with van der Waals surface area (Å²) in [5, 5.41) is 10.9. The minimum Gasteiger partial charge on any atom is -0.497 e. The Morgan fingerprint density at radius 1 is 1.03 bits per heavy atom. The first kappa shape index (κ1) is 21.4. The summed E-state index contributed by atoms with van der Waals surface area (Å²) >= 11 is 1.18. The third kappa shape index (κ3) is 4.73. The number of anilines is 1. The number of hydrogen-bond donors (Lipinski definition) is 2. The third-order valence-electron chi connectivity index (χ3n) is 4.69. The third-order valence-corrected chi connectivity index (χ3v) is 5.90. The molecular weight excluding hydrogens is 429 g/mol. The van der Waals surface area contributed by atoms with Crippen molar-refractivity contribution in [3.63, 3.8) is 0 Å². The lowest BCUT2D eigenvalue weighted by molar-refractivity contribution is -0.115. The van der Waals surface area contributed by atoms with Gasteiger partial charge in [0, 0.05) is 11.3 Å². The average molecular weight is 450 g/mol. The van der Waals surface area contributed by atoms with Crippen molar-refractivity contribution >= 4 is 23.4 Å². The van der Waals surface area contributed by atoms with E-state index in [1.165, 1.54) is 40.7 Å². The molecule has 1 heterocycles. The van der Waals surface area contributed by atoms with Gasteiger partial charge >= 0.3 is 0 Å². The number of rotatable bonds is 7. The molecular formula is C23H20FN5O2S. The summed E-state index contributed by atoms with van der Waals surface area (Å²) in [6.07, 6.45) is 0. The van der Waals surface area contributed by atoms with E-state index in [1.807, 2.05) is 42.5 Å². The van der Waals surface area contributed by atoms with Crippen LogP contribution in [0.1, 0.15) is 10.8 Å². The Kier molecular flexibility index (Phi) is 6.37. The van der Waals surface area contributed by atoms with E-state index >= 15 is 0 Å². The first-order chi connectivity index (χ1) is 15.5. The van der Waals surface area contributed by atoms with Gasteiger partial charge in [-0.05, 0) is 54.1 Å². The van der Waals surface area contributed by atoms with Crippen LogP contribution in [0.5, 0.6) is 5.75 Å². The molecule has 0 radical (unpaired) electrons. The number of methoxy groups -OCH3 is 1. The molecule has 1 atom stereocenters. The Hall–Kier alpha value is -3.85. The van der Waals surface area contributed by atoms with Gasteiger partial charge in [0.15, 0.2) is 5.82 Å². The summed E-state index contributed by atoms with van der Waals surface area (Å²) in [5.41, 5.74) is 2.02. The summed E-state index contributed by atoms with van der Waals surface area (Å²) < 4.78 is 19.7. The summed E-state index contributed by atoms with van der Waals surface area (Å²) in [5.74, 6) is 6.78. The molecule has 9 heteroatoms. The van der Waals surface area contributed by atoms with E-state index in [1.54, 1.807) is 19.2 Å². The lowest BCUT2D eigenvalue weighted by Crippen LogP contribution is -2.20. The fourth-order valence-corrected chi connectivity index (χ4v) is 4.00. The second kappa shape index (κ2) is 9.52. The van der Waals surface area contributed by atoms with Gasteiger partial charge in [-0.1, -0.05) is 42.1 Å². The van der Waals surface area contributed by atoms with Crippen LogP contribution in [0.3, 0.4) is 0 Å². The maximum Gasteiger partial charge on any atom is 0.242 e. The molecule has 1 amide bonds. The lowest BCUT2D eigenvalue weighted by Gasteiger charge is -2.16. The van der Waals surface area contributed by atoms with Crippen molar-refractivity contribution in [2.75, 3.05) is 18.3 Å². The summed E-state index contributed by atoms with van der Waals surface area (Å²) in [4.78, 5) is 13.1. The predicted octanol–water partition coefficient (Wildman–Crippen LogP) is 4.28. The molecule has 0 bridgehead atoms. The quantitative estimate of drug-likeness (QED) is 0.323. The molecule has 0 saturated carbocycles. The number of ether oxygens (including phenoxy) is 1. The van der Waals surface area contributed by atoms with Crippen LogP contribution in [0.2, 0.25) is 0 Å². The van der Waals surface area contributed by atoms with E-state index in [2.05, 4.69) is 15.5 Å². The Morgan fingerprint density at radius 2 is 1.72 bits per heavy atom. The molecule has 4 rings (SSSR count). The van der Waals surface area contributed by atoms with Gasteiger partial charge in [-0.3, -0.25) is 4.79 Å². The average Bonchev–Trinajstić information content (AvgIpc) is 3.19. The molecule has 0 aliphatic heterocycles. The minimum atomic E-state index is -0.656. The Morgan fingerprint density at radius 3 is 2.38 bits per heavy atom. The maximum absolute atomic E-state index is 13.2. The van der Waals surface area contributed by atoms with Gasteiger partial charge in [-0.25, -0.2) is 9.07 Å². The van der Waals surface area contributed by atoms with Crippen LogP contribution < -0.4 is 15.9 Å². The molecule has 0 aliphatic rings. The molecule has 0 spiro atoms. The molecule has 32 heavy (non-hydrogen) atoms. The highest BCUT2D eigenvalue weighted by Gasteiger charge is 2.26. The monoisotopic (exact) mass is 449 g/mol. The molecule has 0 saturated heterocycles. The fourth-order valence-electron chi connectivity index (χ4n) is 3.04. The summed E-state index contributed by atoms with van der Waals surface area (Å²) in [7, 11) is 1.59. The zero-order chi connectivity index (χ0) is 22.5. The summed E-state index contributed by atoms with van der Waals surface area (Å²) in [6, 6.07) is 22.1. The molecule has 3 aromatic carbocycles. The highest BCUT2D eigenvalue weighted by atomic mass is 32.2. The Balaban J connectivity index is 1.60. The molecule has 3 N–H and O–H groups in total. The van der Waals surface area contributed by atoms with Gasteiger partial charge in [0.2, 0.25) is 11.1 Å².